The lowest BCUT2D eigenvalue weighted by atomic mass is 10.1. The summed E-state index contributed by atoms with van der Waals surface area (Å²) in [6, 6.07) is 7.48. The van der Waals surface area contributed by atoms with Gasteiger partial charge in [0, 0.05) is 11.0 Å². The molecular weight excluding hydrogens is 359 g/mol. The number of esters is 1. The molecule has 0 bridgehead atoms. The third-order valence-electron chi connectivity index (χ3n) is 3.11. The molecule has 0 unspecified atom stereocenters. The summed E-state index contributed by atoms with van der Waals surface area (Å²) >= 11 is 1.01. The zero-order valence-corrected chi connectivity index (χ0v) is 13.5. The Labute approximate surface area is 143 Å². The van der Waals surface area contributed by atoms with E-state index in [1.807, 2.05) is 0 Å². The first-order valence-electron chi connectivity index (χ1n) is 6.71. The van der Waals surface area contributed by atoms with Crippen molar-refractivity contribution in [3.63, 3.8) is 0 Å². The maximum atomic E-state index is 12.6. The fraction of sp³-hybridized carbons (Fsp3) is 0.125. The van der Waals surface area contributed by atoms with E-state index in [0.717, 1.165) is 36.7 Å². The predicted octanol–water partition coefficient (Wildman–Crippen LogP) is 4.44. The number of carbonyl (C=O) groups excluding carboxylic acids is 2. The van der Waals surface area contributed by atoms with Crippen LogP contribution in [0, 0.1) is 4.91 Å². The number of hydrogen-bond donors (Lipinski definition) is 0. The van der Waals surface area contributed by atoms with E-state index in [1.54, 1.807) is 6.07 Å². The predicted molar refractivity (Wildman–Crippen MR) is 85.0 cm³/mol. The second-order valence-electron chi connectivity index (χ2n) is 4.72. The molecule has 0 fully saturated rings. The van der Waals surface area contributed by atoms with Gasteiger partial charge in [0.1, 0.15) is 0 Å². The standard InChI is InChI=1S/C16H10F3NO4S/c1-24-15(22)11(20-23)8-12(21)14-7-6-13(25-14)9-2-4-10(5-3-9)16(17,18)19/h2-8H,1H3/b11-8-. The first kappa shape index (κ1) is 18.5. The van der Waals surface area contributed by atoms with Crippen LogP contribution in [0.2, 0.25) is 0 Å². The van der Waals surface area contributed by atoms with Crippen molar-refractivity contribution in [1.82, 2.24) is 0 Å². The first-order chi connectivity index (χ1) is 11.8. The zero-order chi connectivity index (χ0) is 18.6. The fourth-order valence-electron chi connectivity index (χ4n) is 1.87. The molecule has 9 heteroatoms. The van der Waals surface area contributed by atoms with Crippen molar-refractivity contribution in [3.05, 3.63) is 63.5 Å². The van der Waals surface area contributed by atoms with Crippen LogP contribution in [0.1, 0.15) is 15.2 Å². The van der Waals surface area contributed by atoms with E-state index < -0.39 is 29.2 Å². The highest BCUT2D eigenvalue weighted by molar-refractivity contribution is 7.17. The van der Waals surface area contributed by atoms with E-state index in [0.29, 0.717) is 10.4 Å². The zero-order valence-electron chi connectivity index (χ0n) is 12.7. The highest BCUT2D eigenvalue weighted by atomic mass is 32.1. The third kappa shape index (κ3) is 4.38. The Morgan fingerprint density at radius 3 is 2.28 bits per heavy atom. The number of methoxy groups -OCH3 is 1. The molecule has 0 amide bonds. The number of nitrogens with zero attached hydrogens (tertiary/aromatic N) is 1. The molecule has 0 N–H and O–H groups in total. The van der Waals surface area contributed by atoms with E-state index in [1.165, 1.54) is 18.2 Å². The van der Waals surface area contributed by atoms with Crippen LogP contribution >= 0.6 is 11.3 Å². The van der Waals surface area contributed by atoms with Gasteiger partial charge in [0.25, 0.3) is 0 Å². The molecule has 2 rings (SSSR count). The summed E-state index contributed by atoms with van der Waals surface area (Å²) in [5, 5.41) is 2.44. The van der Waals surface area contributed by atoms with Crippen LogP contribution in [0.3, 0.4) is 0 Å². The monoisotopic (exact) mass is 369 g/mol. The summed E-state index contributed by atoms with van der Waals surface area (Å²) in [6.45, 7) is 0. The van der Waals surface area contributed by atoms with Gasteiger partial charge in [0.2, 0.25) is 0 Å². The molecule has 0 radical (unpaired) electrons. The molecule has 1 aromatic carbocycles. The summed E-state index contributed by atoms with van der Waals surface area (Å²) < 4.78 is 42.0. The van der Waals surface area contributed by atoms with Gasteiger partial charge in [-0.2, -0.15) is 13.2 Å². The van der Waals surface area contributed by atoms with Gasteiger partial charge in [0.15, 0.2) is 11.5 Å². The Bertz CT molecular complexity index is 838. The average molecular weight is 369 g/mol. The van der Waals surface area contributed by atoms with Gasteiger partial charge >= 0.3 is 12.1 Å². The Hall–Kier alpha value is -2.81. The Morgan fingerprint density at radius 2 is 1.76 bits per heavy atom. The molecule has 2 aromatic rings. The topological polar surface area (TPSA) is 72.8 Å². The number of carbonyl (C=O) groups is 2. The number of nitroso groups, excluding NO2 is 1. The molecule has 0 aliphatic rings. The fourth-order valence-corrected chi connectivity index (χ4v) is 2.79. The van der Waals surface area contributed by atoms with E-state index in [2.05, 4.69) is 9.91 Å². The summed E-state index contributed by atoms with van der Waals surface area (Å²) in [7, 11) is 1.04. The number of thiophene rings is 1. The molecule has 0 atom stereocenters. The Morgan fingerprint density at radius 1 is 1.12 bits per heavy atom. The number of halogens is 3. The van der Waals surface area contributed by atoms with Crippen LogP contribution in [-0.2, 0) is 15.7 Å². The molecule has 0 aliphatic heterocycles. The van der Waals surface area contributed by atoms with E-state index in [-0.39, 0.29) is 4.88 Å². The normalized spacial score (nSPS) is 11.9. The van der Waals surface area contributed by atoms with Crippen molar-refractivity contribution in [2.75, 3.05) is 7.11 Å². The lowest BCUT2D eigenvalue weighted by Gasteiger charge is -2.06. The maximum Gasteiger partial charge on any atom is 0.416 e. The molecule has 1 aromatic heterocycles. The quantitative estimate of drug-likeness (QED) is 0.338. The van der Waals surface area contributed by atoms with Crippen molar-refractivity contribution in [2.24, 2.45) is 5.18 Å². The largest absolute Gasteiger partial charge is 0.464 e. The maximum absolute atomic E-state index is 12.6. The SMILES string of the molecule is COC(=O)/C(=C/C(=O)c1ccc(-c2ccc(C(F)(F)F)cc2)s1)N=O. The number of rotatable bonds is 5. The van der Waals surface area contributed by atoms with Crippen molar-refractivity contribution in [1.29, 1.82) is 0 Å². The van der Waals surface area contributed by atoms with Crippen molar-refractivity contribution >= 4 is 23.1 Å². The molecule has 25 heavy (non-hydrogen) atoms. The van der Waals surface area contributed by atoms with E-state index >= 15 is 0 Å². The second kappa shape index (κ2) is 7.39. The molecule has 130 valence electrons. The van der Waals surface area contributed by atoms with Crippen molar-refractivity contribution < 1.29 is 27.5 Å². The number of ketones is 1. The highest BCUT2D eigenvalue weighted by Crippen LogP contribution is 2.33. The minimum atomic E-state index is -4.42. The molecule has 5 nitrogen and oxygen atoms in total. The van der Waals surface area contributed by atoms with Gasteiger partial charge in [-0.05, 0) is 35.0 Å². The Balaban J connectivity index is 2.25. The van der Waals surface area contributed by atoms with Gasteiger partial charge in [-0.1, -0.05) is 12.1 Å². The summed E-state index contributed by atoms with van der Waals surface area (Å²) in [5.74, 6) is -1.67. The molecular formula is C16H10F3NO4S. The van der Waals surface area contributed by atoms with Gasteiger partial charge in [0.05, 0.1) is 17.6 Å². The lowest BCUT2D eigenvalue weighted by Crippen LogP contribution is -2.05. The average Bonchev–Trinajstić information content (AvgIpc) is 3.08. The number of benzene rings is 1. The van der Waals surface area contributed by atoms with Crippen LogP contribution < -0.4 is 0 Å². The highest BCUT2D eigenvalue weighted by Gasteiger charge is 2.30. The van der Waals surface area contributed by atoms with Gasteiger partial charge < -0.3 is 4.74 Å². The molecule has 0 aliphatic carbocycles. The second-order valence-corrected chi connectivity index (χ2v) is 5.80. The van der Waals surface area contributed by atoms with Crippen LogP contribution in [-0.4, -0.2) is 18.9 Å². The van der Waals surface area contributed by atoms with Crippen molar-refractivity contribution in [2.45, 2.75) is 6.18 Å². The number of hydrogen-bond acceptors (Lipinski definition) is 6. The number of alkyl halides is 3. The van der Waals surface area contributed by atoms with Gasteiger partial charge in [-0.15, -0.1) is 16.2 Å². The van der Waals surface area contributed by atoms with Crippen LogP contribution in [0.25, 0.3) is 10.4 Å². The van der Waals surface area contributed by atoms with Gasteiger partial charge in [-0.3, -0.25) is 4.79 Å². The molecule has 0 saturated heterocycles. The summed E-state index contributed by atoms with van der Waals surface area (Å²) in [6.07, 6.45) is -3.67. The number of ether oxygens (including phenoxy) is 1. The molecule has 0 spiro atoms. The van der Waals surface area contributed by atoms with E-state index in [4.69, 9.17) is 0 Å². The summed E-state index contributed by atoms with van der Waals surface area (Å²) in [5.41, 5.74) is -0.938. The Kier molecular flexibility index (Phi) is 5.48. The number of allylic oxidation sites excluding steroid dienone is 1. The minimum absolute atomic E-state index is 0.194. The van der Waals surface area contributed by atoms with E-state index in [9.17, 15) is 27.7 Å². The van der Waals surface area contributed by atoms with Crippen LogP contribution in [0.5, 0.6) is 0 Å². The minimum Gasteiger partial charge on any atom is -0.464 e. The van der Waals surface area contributed by atoms with Gasteiger partial charge in [-0.25, -0.2) is 4.79 Å². The van der Waals surface area contributed by atoms with Crippen LogP contribution in [0.4, 0.5) is 13.2 Å². The first-order valence-corrected chi connectivity index (χ1v) is 7.53. The third-order valence-corrected chi connectivity index (χ3v) is 4.26. The molecule has 0 saturated carbocycles. The summed E-state index contributed by atoms with van der Waals surface area (Å²) in [4.78, 5) is 34.6. The van der Waals surface area contributed by atoms with Crippen molar-refractivity contribution in [3.8, 4) is 10.4 Å². The smallest absolute Gasteiger partial charge is 0.416 e. The molecule has 1 heterocycles. The lowest BCUT2D eigenvalue weighted by molar-refractivity contribution is -0.138. The van der Waals surface area contributed by atoms with Crippen LogP contribution in [0.15, 0.2) is 53.3 Å².